The number of rotatable bonds is 3. The molecule has 20 heavy (non-hydrogen) atoms. The lowest BCUT2D eigenvalue weighted by Crippen LogP contribution is -2.14. The SMILES string of the molecule is Cc1cccc(-c2nc(C3CCCN3)no2)c1[N+](=O)[O-]. The van der Waals surface area contributed by atoms with E-state index in [1.54, 1.807) is 25.1 Å². The van der Waals surface area contributed by atoms with Crippen molar-refractivity contribution in [1.82, 2.24) is 15.5 Å². The highest BCUT2D eigenvalue weighted by molar-refractivity contribution is 5.69. The van der Waals surface area contributed by atoms with Gasteiger partial charge in [0.2, 0.25) is 0 Å². The molecule has 0 spiro atoms. The Balaban J connectivity index is 2.01. The van der Waals surface area contributed by atoms with E-state index < -0.39 is 4.92 Å². The molecule has 0 saturated carbocycles. The fourth-order valence-electron chi connectivity index (χ4n) is 2.46. The maximum absolute atomic E-state index is 11.2. The number of nitro benzene ring substituents is 1. The molecule has 0 aliphatic carbocycles. The van der Waals surface area contributed by atoms with E-state index in [-0.39, 0.29) is 17.6 Å². The Morgan fingerprint density at radius 2 is 2.35 bits per heavy atom. The van der Waals surface area contributed by atoms with Gasteiger partial charge in [-0.15, -0.1) is 0 Å². The monoisotopic (exact) mass is 274 g/mol. The number of benzene rings is 1. The van der Waals surface area contributed by atoms with Crippen molar-refractivity contribution < 1.29 is 9.45 Å². The van der Waals surface area contributed by atoms with Crippen molar-refractivity contribution in [2.75, 3.05) is 6.54 Å². The van der Waals surface area contributed by atoms with Gasteiger partial charge in [0.05, 0.1) is 11.0 Å². The van der Waals surface area contributed by atoms with Gasteiger partial charge in [-0.2, -0.15) is 4.98 Å². The number of hydrogen-bond acceptors (Lipinski definition) is 6. The molecule has 1 aliphatic rings. The van der Waals surface area contributed by atoms with Gasteiger partial charge in [0.1, 0.15) is 5.56 Å². The van der Waals surface area contributed by atoms with Crippen molar-refractivity contribution in [3.8, 4) is 11.5 Å². The molecular formula is C13H14N4O3. The van der Waals surface area contributed by atoms with Crippen molar-refractivity contribution in [2.24, 2.45) is 0 Å². The number of para-hydroxylation sites is 1. The smallest absolute Gasteiger partial charge is 0.285 e. The summed E-state index contributed by atoms with van der Waals surface area (Å²) in [5.74, 6) is 0.761. The first kappa shape index (κ1) is 12.7. The maximum Gasteiger partial charge on any atom is 0.285 e. The summed E-state index contributed by atoms with van der Waals surface area (Å²) in [6.07, 6.45) is 2.02. The molecule has 1 aliphatic heterocycles. The molecule has 7 nitrogen and oxygen atoms in total. The quantitative estimate of drug-likeness (QED) is 0.682. The minimum absolute atomic E-state index is 0.0158. The van der Waals surface area contributed by atoms with Gasteiger partial charge >= 0.3 is 0 Å². The Morgan fingerprint density at radius 1 is 1.50 bits per heavy atom. The molecular weight excluding hydrogens is 260 g/mol. The fourth-order valence-corrected chi connectivity index (χ4v) is 2.46. The molecule has 1 saturated heterocycles. The molecule has 0 bridgehead atoms. The van der Waals surface area contributed by atoms with Gasteiger partial charge < -0.3 is 9.84 Å². The van der Waals surface area contributed by atoms with E-state index in [1.807, 2.05) is 0 Å². The Labute approximate surface area is 115 Å². The van der Waals surface area contributed by atoms with Crippen molar-refractivity contribution in [3.63, 3.8) is 0 Å². The summed E-state index contributed by atoms with van der Waals surface area (Å²) in [4.78, 5) is 15.1. The van der Waals surface area contributed by atoms with Crippen LogP contribution in [0, 0.1) is 17.0 Å². The summed E-state index contributed by atoms with van der Waals surface area (Å²) in [6, 6.07) is 5.15. The lowest BCUT2D eigenvalue weighted by molar-refractivity contribution is -0.384. The minimum Gasteiger partial charge on any atom is -0.334 e. The number of hydrogen-bond donors (Lipinski definition) is 1. The van der Waals surface area contributed by atoms with E-state index in [0.717, 1.165) is 19.4 Å². The summed E-state index contributed by atoms with van der Waals surface area (Å²) >= 11 is 0. The second-order valence-corrected chi connectivity index (χ2v) is 4.83. The zero-order chi connectivity index (χ0) is 14.1. The Kier molecular flexibility index (Phi) is 3.19. The molecule has 1 N–H and O–H groups in total. The Bertz CT molecular complexity index is 647. The third-order valence-corrected chi connectivity index (χ3v) is 3.46. The van der Waals surface area contributed by atoms with E-state index in [9.17, 15) is 10.1 Å². The molecule has 3 rings (SSSR count). The van der Waals surface area contributed by atoms with E-state index in [1.165, 1.54) is 0 Å². The summed E-state index contributed by atoms with van der Waals surface area (Å²) < 4.78 is 5.20. The van der Waals surface area contributed by atoms with Crippen LogP contribution in [0.2, 0.25) is 0 Å². The van der Waals surface area contributed by atoms with Crippen LogP contribution < -0.4 is 5.32 Å². The fraction of sp³-hybridized carbons (Fsp3) is 0.385. The highest BCUT2D eigenvalue weighted by Crippen LogP contribution is 2.32. The van der Waals surface area contributed by atoms with Crippen LogP contribution in [0.5, 0.6) is 0 Å². The Hall–Kier alpha value is -2.28. The standard InChI is InChI=1S/C13H14N4O3/c1-8-4-2-5-9(11(8)17(18)19)13-15-12(16-20-13)10-6-3-7-14-10/h2,4-5,10,14H,3,6-7H2,1H3. The van der Waals surface area contributed by atoms with Crippen LogP contribution in [-0.4, -0.2) is 21.6 Å². The van der Waals surface area contributed by atoms with E-state index in [2.05, 4.69) is 15.5 Å². The van der Waals surface area contributed by atoms with Gasteiger partial charge in [-0.05, 0) is 32.4 Å². The number of aryl methyl sites for hydroxylation is 1. The summed E-state index contributed by atoms with van der Waals surface area (Å²) in [7, 11) is 0. The molecule has 0 amide bonds. The highest BCUT2D eigenvalue weighted by atomic mass is 16.6. The lowest BCUT2D eigenvalue weighted by atomic mass is 10.1. The number of nitrogens with zero attached hydrogens (tertiary/aromatic N) is 3. The second kappa shape index (κ2) is 5.01. The second-order valence-electron chi connectivity index (χ2n) is 4.83. The summed E-state index contributed by atoms with van der Waals surface area (Å²) in [6.45, 7) is 2.62. The zero-order valence-electron chi connectivity index (χ0n) is 11.0. The molecule has 1 unspecified atom stereocenters. The first-order valence-corrected chi connectivity index (χ1v) is 6.48. The molecule has 1 atom stereocenters. The summed E-state index contributed by atoms with van der Waals surface area (Å²) in [5, 5.41) is 18.4. The lowest BCUT2D eigenvalue weighted by Gasteiger charge is -2.02. The van der Waals surface area contributed by atoms with Crippen molar-refractivity contribution in [3.05, 3.63) is 39.7 Å². The average molecular weight is 274 g/mol. The highest BCUT2D eigenvalue weighted by Gasteiger charge is 2.26. The molecule has 2 heterocycles. The first-order valence-electron chi connectivity index (χ1n) is 6.48. The third-order valence-electron chi connectivity index (χ3n) is 3.46. The number of nitrogens with one attached hydrogen (secondary N) is 1. The van der Waals surface area contributed by atoms with Gasteiger partial charge in [-0.25, -0.2) is 0 Å². The van der Waals surface area contributed by atoms with Gasteiger partial charge in [0.15, 0.2) is 5.82 Å². The van der Waals surface area contributed by atoms with Gasteiger partial charge in [-0.1, -0.05) is 17.3 Å². The number of aromatic nitrogens is 2. The average Bonchev–Trinajstić information content (AvgIpc) is 3.09. The molecule has 104 valence electrons. The molecule has 2 aromatic rings. The molecule has 1 aromatic carbocycles. The van der Waals surface area contributed by atoms with Gasteiger partial charge in [0, 0.05) is 5.56 Å². The molecule has 1 aromatic heterocycles. The van der Waals surface area contributed by atoms with E-state index in [0.29, 0.717) is 17.0 Å². The maximum atomic E-state index is 11.2. The predicted molar refractivity (Wildman–Crippen MR) is 71.1 cm³/mol. The third kappa shape index (κ3) is 2.16. The van der Waals surface area contributed by atoms with Crippen molar-refractivity contribution in [2.45, 2.75) is 25.8 Å². The molecule has 1 fully saturated rings. The van der Waals surface area contributed by atoms with E-state index in [4.69, 9.17) is 4.52 Å². The number of nitro groups is 1. The zero-order valence-corrected chi connectivity index (χ0v) is 11.0. The first-order chi connectivity index (χ1) is 9.66. The van der Waals surface area contributed by atoms with Crippen LogP contribution >= 0.6 is 0 Å². The summed E-state index contributed by atoms with van der Waals surface area (Å²) in [5.41, 5.74) is 0.958. The van der Waals surface area contributed by atoms with Crippen LogP contribution in [-0.2, 0) is 0 Å². The van der Waals surface area contributed by atoms with Gasteiger partial charge in [0.25, 0.3) is 11.6 Å². The topological polar surface area (TPSA) is 94.1 Å². The van der Waals surface area contributed by atoms with Crippen LogP contribution in [0.3, 0.4) is 0 Å². The normalized spacial score (nSPS) is 18.4. The van der Waals surface area contributed by atoms with E-state index >= 15 is 0 Å². The van der Waals surface area contributed by atoms with Crippen LogP contribution in [0.4, 0.5) is 5.69 Å². The Morgan fingerprint density at radius 3 is 3.05 bits per heavy atom. The van der Waals surface area contributed by atoms with Crippen LogP contribution in [0.1, 0.15) is 30.3 Å². The van der Waals surface area contributed by atoms with Crippen LogP contribution in [0.15, 0.2) is 22.7 Å². The van der Waals surface area contributed by atoms with Crippen LogP contribution in [0.25, 0.3) is 11.5 Å². The predicted octanol–water partition coefficient (Wildman–Crippen LogP) is 2.38. The van der Waals surface area contributed by atoms with Crippen molar-refractivity contribution in [1.29, 1.82) is 0 Å². The largest absolute Gasteiger partial charge is 0.334 e. The molecule has 7 heteroatoms. The molecule has 0 radical (unpaired) electrons. The van der Waals surface area contributed by atoms with Gasteiger partial charge in [-0.3, -0.25) is 10.1 Å². The van der Waals surface area contributed by atoms with Crippen molar-refractivity contribution >= 4 is 5.69 Å². The minimum atomic E-state index is -0.414.